The van der Waals surface area contributed by atoms with Crippen LogP contribution in [0.4, 0.5) is 5.69 Å². The third-order valence-corrected chi connectivity index (χ3v) is 6.07. The number of nitrogens with one attached hydrogen (secondary N) is 1. The predicted octanol–water partition coefficient (Wildman–Crippen LogP) is 4.97. The summed E-state index contributed by atoms with van der Waals surface area (Å²) >= 11 is 3.38. The maximum Gasteiger partial charge on any atom is 0.349 e. The molecule has 0 saturated heterocycles. The van der Waals surface area contributed by atoms with Crippen LogP contribution in [0.3, 0.4) is 0 Å². The van der Waals surface area contributed by atoms with Crippen molar-refractivity contribution in [2.45, 2.75) is 0 Å². The van der Waals surface area contributed by atoms with Crippen molar-refractivity contribution in [1.82, 2.24) is 24.8 Å². The highest BCUT2D eigenvalue weighted by Gasteiger charge is 2.15. The Morgan fingerprint density at radius 3 is 2.50 bits per heavy atom. The summed E-state index contributed by atoms with van der Waals surface area (Å²) in [6.07, 6.45) is 3.38. The van der Waals surface area contributed by atoms with Gasteiger partial charge in [0.05, 0.1) is 5.69 Å². The smallest absolute Gasteiger partial charge is 0.349 e. The molecule has 9 nitrogen and oxygen atoms in total. The fourth-order valence-electron chi connectivity index (χ4n) is 3.80. The van der Waals surface area contributed by atoms with E-state index < -0.39 is 11.5 Å². The zero-order valence-corrected chi connectivity index (χ0v) is 20.0. The van der Waals surface area contributed by atoms with Gasteiger partial charge in [0.15, 0.2) is 11.5 Å². The molecule has 0 aliphatic heterocycles. The molecule has 4 aromatic heterocycles. The highest BCUT2D eigenvalue weighted by molar-refractivity contribution is 9.10. The fourth-order valence-corrected chi connectivity index (χ4v) is 4.18. The Morgan fingerprint density at radius 1 is 0.889 bits per heavy atom. The van der Waals surface area contributed by atoms with Gasteiger partial charge in [0, 0.05) is 39.1 Å². The van der Waals surface area contributed by atoms with Crippen molar-refractivity contribution in [2.75, 3.05) is 5.32 Å². The second kappa shape index (κ2) is 8.82. The number of hydrogen-bond donors (Lipinski definition) is 1. The van der Waals surface area contributed by atoms with E-state index in [0.717, 1.165) is 15.6 Å². The molecule has 4 heterocycles. The van der Waals surface area contributed by atoms with Crippen molar-refractivity contribution in [2.24, 2.45) is 0 Å². The number of fused-ring (bicyclic) bond motifs is 2. The standard InChI is InChI=1S/C26H15BrN6O3/c27-18-3-7-22-17(13-18)14-20(26(35)36-22)25(34)29-19-4-1-15(2-5-19)21-6-8-23-30-31-24(33(23)32-21)16-9-11-28-12-10-16/h1-14H,(H,29,34). The van der Waals surface area contributed by atoms with Crippen LogP contribution in [0.25, 0.3) is 39.3 Å². The van der Waals surface area contributed by atoms with Crippen LogP contribution in [0.1, 0.15) is 10.4 Å². The number of carbonyl (C=O) groups is 1. The first-order valence-electron chi connectivity index (χ1n) is 10.8. The van der Waals surface area contributed by atoms with E-state index in [-0.39, 0.29) is 5.56 Å². The molecular formula is C26H15BrN6O3. The first kappa shape index (κ1) is 21.8. The van der Waals surface area contributed by atoms with Crippen molar-refractivity contribution < 1.29 is 9.21 Å². The molecule has 1 amide bonds. The van der Waals surface area contributed by atoms with Gasteiger partial charge in [0.25, 0.3) is 5.91 Å². The van der Waals surface area contributed by atoms with Crippen LogP contribution in [0.2, 0.25) is 0 Å². The van der Waals surface area contributed by atoms with E-state index in [2.05, 4.69) is 36.4 Å². The Hall–Kier alpha value is -4.70. The maximum absolute atomic E-state index is 12.8. The van der Waals surface area contributed by atoms with Gasteiger partial charge in [-0.05, 0) is 60.7 Å². The number of carbonyl (C=O) groups excluding carboxylic acids is 1. The molecule has 0 saturated carbocycles. The largest absolute Gasteiger partial charge is 0.422 e. The lowest BCUT2D eigenvalue weighted by molar-refractivity contribution is 0.102. The summed E-state index contributed by atoms with van der Waals surface area (Å²) in [4.78, 5) is 29.2. The van der Waals surface area contributed by atoms with Gasteiger partial charge in [0.1, 0.15) is 11.1 Å². The second-order valence-corrected chi connectivity index (χ2v) is 8.82. The van der Waals surface area contributed by atoms with E-state index in [1.165, 1.54) is 6.07 Å². The van der Waals surface area contributed by atoms with Crippen LogP contribution < -0.4 is 10.9 Å². The molecule has 174 valence electrons. The molecule has 2 aromatic carbocycles. The molecule has 1 N–H and O–H groups in total. The SMILES string of the molecule is O=C(Nc1ccc(-c2ccc3nnc(-c4ccncc4)n3n2)cc1)c1cc2cc(Br)ccc2oc1=O. The number of rotatable bonds is 4. The molecule has 6 aromatic rings. The van der Waals surface area contributed by atoms with Crippen LogP contribution in [0, 0.1) is 0 Å². The van der Waals surface area contributed by atoms with Crippen LogP contribution in [-0.2, 0) is 0 Å². The summed E-state index contributed by atoms with van der Waals surface area (Å²) < 4.78 is 7.79. The van der Waals surface area contributed by atoms with E-state index in [4.69, 9.17) is 9.52 Å². The van der Waals surface area contributed by atoms with Gasteiger partial charge in [-0.2, -0.15) is 9.61 Å². The molecule has 0 fully saturated rings. The van der Waals surface area contributed by atoms with Gasteiger partial charge in [-0.1, -0.05) is 28.1 Å². The normalized spacial score (nSPS) is 11.1. The predicted molar refractivity (Wildman–Crippen MR) is 138 cm³/mol. The summed E-state index contributed by atoms with van der Waals surface area (Å²) in [6.45, 7) is 0. The number of pyridine rings is 1. The number of hydrogen-bond acceptors (Lipinski definition) is 7. The number of aromatic nitrogens is 5. The minimum atomic E-state index is -0.699. The highest BCUT2D eigenvalue weighted by Crippen LogP contribution is 2.23. The van der Waals surface area contributed by atoms with E-state index in [9.17, 15) is 9.59 Å². The van der Waals surface area contributed by atoms with Gasteiger partial charge in [-0.25, -0.2) is 4.79 Å². The Bertz CT molecular complexity index is 1810. The van der Waals surface area contributed by atoms with Gasteiger partial charge >= 0.3 is 5.63 Å². The molecule has 0 unspecified atom stereocenters. The molecule has 36 heavy (non-hydrogen) atoms. The number of benzene rings is 2. The van der Waals surface area contributed by atoms with E-state index >= 15 is 0 Å². The van der Waals surface area contributed by atoms with Gasteiger partial charge in [-0.15, -0.1) is 10.2 Å². The van der Waals surface area contributed by atoms with Crippen molar-refractivity contribution >= 4 is 44.1 Å². The second-order valence-electron chi connectivity index (χ2n) is 7.91. The number of amides is 1. The third-order valence-electron chi connectivity index (χ3n) is 5.58. The maximum atomic E-state index is 12.8. The van der Waals surface area contributed by atoms with Crippen molar-refractivity contribution in [3.8, 4) is 22.6 Å². The lowest BCUT2D eigenvalue weighted by Gasteiger charge is -2.07. The summed E-state index contributed by atoms with van der Waals surface area (Å²) in [5.74, 6) is 0.0591. The third kappa shape index (κ3) is 4.03. The van der Waals surface area contributed by atoms with Gasteiger partial charge < -0.3 is 9.73 Å². The Balaban J connectivity index is 1.27. The van der Waals surface area contributed by atoms with E-state index in [1.807, 2.05) is 36.4 Å². The zero-order valence-electron chi connectivity index (χ0n) is 18.4. The average molecular weight is 539 g/mol. The quantitative estimate of drug-likeness (QED) is 0.315. The molecule has 10 heteroatoms. The van der Waals surface area contributed by atoms with Crippen LogP contribution in [-0.4, -0.2) is 30.7 Å². The zero-order chi connectivity index (χ0) is 24.6. The van der Waals surface area contributed by atoms with E-state index in [1.54, 1.807) is 47.2 Å². The van der Waals surface area contributed by atoms with Crippen LogP contribution in [0.5, 0.6) is 0 Å². The molecule has 6 rings (SSSR count). The Labute approximate surface area is 211 Å². The number of halogens is 1. The lowest BCUT2D eigenvalue weighted by Crippen LogP contribution is -2.20. The minimum Gasteiger partial charge on any atom is -0.422 e. The van der Waals surface area contributed by atoms with Crippen LogP contribution in [0.15, 0.2) is 98.9 Å². The number of anilines is 1. The first-order valence-corrected chi connectivity index (χ1v) is 11.6. The molecule has 0 aliphatic rings. The Morgan fingerprint density at radius 2 is 1.69 bits per heavy atom. The molecule has 0 radical (unpaired) electrons. The van der Waals surface area contributed by atoms with Crippen molar-refractivity contribution in [3.63, 3.8) is 0 Å². The summed E-state index contributed by atoms with van der Waals surface area (Å²) in [5.41, 5.74) is 3.18. The van der Waals surface area contributed by atoms with E-state index in [0.29, 0.717) is 33.8 Å². The minimum absolute atomic E-state index is 0.0759. The fraction of sp³-hybridized carbons (Fsp3) is 0. The molecular weight excluding hydrogens is 524 g/mol. The Kier molecular flexibility index (Phi) is 5.34. The summed E-state index contributed by atoms with van der Waals surface area (Å²) in [7, 11) is 0. The summed E-state index contributed by atoms with van der Waals surface area (Å²) in [6, 6.07) is 21.3. The van der Waals surface area contributed by atoms with Crippen molar-refractivity contribution in [1.29, 1.82) is 0 Å². The monoisotopic (exact) mass is 538 g/mol. The molecule has 0 atom stereocenters. The highest BCUT2D eigenvalue weighted by atomic mass is 79.9. The van der Waals surface area contributed by atoms with Crippen LogP contribution >= 0.6 is 15.9 Å². The first-order chi connectivity index (χ1) is 17.5. The molecule has 0 bridgehead atoms. The molecule has 0 aliphatic carbocycles. The topological polar surface area (TPSA) is 115 Å². The number of nitrogens with zero attached hydrogens (tertiary/aromatic N) is 5. The van der Waals surface area contributed by atoms with Gasteiger partial charge in [-0.3, -0.25) is 9.78 Å². The lowest BCUT2D eigenvalue weighted by atomic mass is 10.1. The summed E-state index contributed by atoms with van der Waals surface area (Å²) in [5, 5.41) is 16.5. The van der Waals surface area contributed by atoms with Crippen molar-refractivity contribution in [3.05, 3.63) is 106 Å². The molecule has 0 spiro atoms. The van der Waals surface area contributed by atoms with Gasteiger partial charge in [0.2, 0.25) is 0 Å². The average Bonchev–Trinajstić information content (AvgIpc) is 3.33.